The van der Waals surface area contributed by atoms with Crippen LogP contribution in [0.2, 0.25) is 0 Å². The van der Waals surface area contributed by atoms with Crippen molar-refractivity contribution in [2.24, 2.45) is 17.8 Å². The molecule has 1 aromatic rings. The molecule has 0 aromatic carbocycles. The third-order valence-corrected chi connectivity index (χ3v) is 4.23. The van der Waals surface area contributed by atoms with Gasteiger partial charge in [-0.2, -0.15) is 0 Å². The van der Waals surface area contributed by atoms with Crippen molar-refractivity contribution in [2.75, 3.05) is 11.9 Å². The zero-order valence-corrected chi connectivity index (χ0v) is 11.4. The molecule has 1 N–H and O–H groups in total. The predicted molar refractivity (Wildman–Crippen MR) is 73.6 cm³/mol. The Morgan fingerprint density at radius 2 is 1.89 bits per heavy atom. The van der Waals surface area contributed by atoms with Crippen LogP contribution in [-0.4, -0.2) is 16.5 Å². The molecule has 0 bridgehead atoms. The van der Waals surface area contributed by atoms with Gasteiger partial charge in [-0.15, -0.1) is 0 Å². The van der Waals surface area contributed by atoms with Crippen molar-refractivity contribution < 1.29 is 0 Å². The Kier molecular flexibility index (Phi) is 3.23. The van der Waals surface area contributed by atoms with E-state index in [0.717, 1.165) is 48.1 Å². The van der Waals surface area contributed by atoms with Crippen LogP contribution in [-0.2, 0) is 6.42 Å². The van der Waals surface area contributed by atoms with Crippen LogP contribution in [0, 0.1) is 24.7 Å². The van der Waals surface area contributed by atoms with Crippen molar-refractivity contribution in [1.29, 1.82) is 0 Å². The average Bonchev–Trinajstić information content (AvgIpc) is 3.22. The van der Waals surface area contributed by atoms with E-state index in [9.17, 15) is 0 Å². The van der Waals surface area contributed by atoms with E-state index in [2.05, 4.69) is 28.3 Å². The highest BCUT2D eigenvalue weighted by Crippen LogP contribution is 2.49. The molecule has 2 aliphatic rings. The number of hydrogen-bond acceptors (Lipinski definition) is 3. The zero-order valence-electron chi connectivity index (χ0n) is 11.4. The van der Waals surface area contributed by atoms with Crippen LogP contribution in [0.25, 0.3) is 0 Å². The van der Waals surface area contributed by atoms with Gasteiger partial charge in [0, 0.05) is 18.3 Å². The lowest BCUT2D eigenvalue weighted by molar-refractivity contribution is 0.427. The zero-order chi connectivity index (χ0) is 12.5. The van der Waals surface area contributed by atoms with Crippen LogP contribution in [0.3, 0.4) is 0 Å². The van der Waals surface area contributed by atoms with Gasteiger partial charge < -0.3 is 5.32 Å². The van der Waals surface area contributed by atoms with Crippen LogP contribution in [0.5, 0.6) is 0 Å². The highest BCUT2D eigenvalue weighted by Gasteiger charge is 2.41. The predicted octanol–water partition coefficient (Wildman–Crippen LogP) is 3.20. The number of nitrogens with one attached hydrogen (secondary N) is 1. The number of anilines is 1. The molecule has 2 aliphatic carbocycles. The lowest BCUT2D eigenvalue weighted by Gasteiger charge is -2.17. The first-order valence-electron chi connectivity index (χ1n) is 7.34. The lowest BCUT2D eigenvalue weighted by atomic mass is 9.98. The van der Waals surface area contributed by atoms with Gasteiger partial charge in [-0.05, 0) is 56.8 Å². The molecule has 3 nitrogen and oxygen atoms in total. The second kappa shape index (κ2) is 4.87. The molecule has 0 spiro atoms. The van der Waals surface area contributed by atoms with E-state index >= 15 is 0 Å². The Labute approximate surface area is 109 Å². The molecule has 3 rings (SSSR count). The summed E-state index contributed by atoms with van der Waals surface area (Å²) in [4.78, 5) is 8.91. The van der Waals surface area contributed by atoms with Gasteiger partial charge >= 0.3 is 0 Å². The first kappa shape index (κ1) is 11.9. The molecule has 2 fully saturated rings. The number of nitrogens with zero attached hydrogens (tertiary/aromatic N) is 2. The van der Waals surface area contributed by atoms with Gasteiger partial charge in [-0.1, -0.05) is 6.92 Å². The molecule has 98 valence electrons. The van der Waals surface area contributed by atoms with Crippen molar-refractivity contribution in [3.63, 3.8) is 0 Å². The van der Waals surface area contributed by atoms with E-state index in [-0.39, 0.29) is 0 Å². The van der Waals surface area contributed by atoms with E-state index in [1.807, 2.05) is 6.92 Å². The summed E-state index contributed by atoms with van der Waals surface area (Å²) >= 11 is 0. The maximum Gasteiger partial charge on any atom is 0.129 e. The Morgan fingerprint density at radius 3 is 2.44 bits per heavy atom. The molecule has 18 heavy (non-hydrogen) atoms. The van der Waals surface area contributed by atoms with Crippen LogP contribution in [0.15, 0.2) is 6.07 Å². The highest BCUT2D eigenvalue weighted by atomic mass is 15.0. The minimum Gasteiger partial charge on any atom is -0.370 e. The molecule has 0 unspecified atom stereocenters. The second-order valence-electron chi connectivity index (χ2n) is 5.86. The minimum absolute atomic E-state index is 0.881. The Morgan fingerprint density at radius 1 is 1.22 bits per heavy atom. The topological polar surface area (TPSA) is 37.8 Å². The number of aryl methyl sites for hydroxylation is 2. The molecule has 0 radical (unpaired) electrons. The summed E-state index contributed by atoms with van der Waals surface area (Å²) in [6.07, 6.45) is 6.78. The van der Waals surface area contributed by atoms with Gasteiger partial charge in [0.2, 0.25) is 0 Å². The SMILES string of the molecule is CCc1cc(NCC(C2CC2)C2CC2)nc(C)n1. The summed E-state index contributed by atoms with van der Waals surface area (Å²) in [5.41, 5.74) is 1.14. The second-order valence-corrected chi connectivity index (χ2v) is 5.86. The molecule has 1 heterocycles. The fraction of sp³-hybridized carbons (Fsp3) is 0.733. The van der Waals surface area contributed by atoms with Crippen molar-refractivity contribution in [1.82, 2.24) is 9.97 Å². The van der Waals surface area contributed by atoms with Crippen LogP contribution >= 0.6 is 0 Å². The number of hydrogen-bond donors (Lipinski definition) is 1. The molecule has 0 aliphatic heterocycles. The fourth-order valence-electron chi connectivity index (χ4n) is 2.89. The van der Waals surface area contributed by atoms with Gasteiger partial charge in [0.1, 0.15) is 11.6 Å². The summed E-state index contributed by atoms with van der Waals surface area (Å²) in [7, 11) is 0. The third kappa shape index (κ3) is 2.82. The minimum atomic E-state index is 0.881. The lowest BCUT2D eigenvalue weighted by Crippen LogP contribution is -2.19. The largest absolute Gasteiger partial charge is 0.370 e. The monoisotopic (exact) mass is 245 g/mol. The Bertz CT molecular complexity index is 410. The summed E-state index contributed by atoms with van der Waals surface area (Å²) in [6.45, 7) is 5.22. The summed E-state index contributed by atoms with van der Waals surface area (Å²) in [6, 6.07) is 2.10. The van der Waals surface area contributed by atoms with Gasteiger partial charge in [0.05, 0.1) is 0 Å². The first-order chi connectivity index (χ1) is 8.76. The average molecular weight is 245 g/mol. The molecular formula is C15H23N3. The van der Waals surface area contributed by atoms with Crippen LogP contribution in [0.4, 0.5) is 5.82 Å². The molecule has 0 saturated heterocycles. The maximum absolute atomic E-state index is 4.49. The van der Waals surface area contributed by atoms with Gasteiger partial charge in [-0.25, -0.2) is 9.97 Å². The normalized spacial score (nSPS) is 19.3. The van der Waals surface area contributed by atoms with Crippen LogP contribution < -0.4 is 5.32 Å². The Balaban J connectivity index is 1.62. The number of rotatable bonds is 6. The fourth-order valence-corrected chi connectivity index (χ4v) is 2.89. The van der Waals surface area contributed by atoms with Crippen molar-refractivity contribution in [2.45, 2.75) is 46.0 Å². The van der Waals surface area contributed by atoms with E-state index in [1.54, 1.807) is 0 Å². The summed E-state index contributed by atoms with van der Waals surface area (Å²) in [5, 5.41) is 3.55. The van der Waals surface area contributed by atoms with Gasteiger partial charge in [0.25, 0.3) is 0 Å². The molecule has 3 heteroatoms. The van der Waals surface area contributed by atoms with Crippen molar-refractivity contribution in [3.8, 4) is 0 Å². The maximum atomic E-state index is 4.49. The standard InChI is InChI=1S/C15H23N3/c1-3-13-8-15(18-10(2)17-13)16-9-14(11-4-5-11)12-6-7-12/h8,11-12,14H,3-7,9H2,1-2H3,(H,16,17,18). The van der Waals surface area contributed by atoms with Gasteiger partial charge in [-0.3, -0.25) is 0 Å². The van der Waals surface area contributed by atoms with E-state index in [0.29, 0.717) is 0 Å². The van der Waals surface area contributed by atoms with Crippen LogP contribution in [0.1, 0.15) is 44.1 Å². The smallest absolute Gasteiger partial charge is 0.129 e. The third-order valence-electron chi connectivity index (χ3n) is 4.23. The van der Waals surface area contributed by atoms with E-state index in [4.69, 9.17) is 0 Å². The number of aromatic nitrogens is 2. The molecule has 0 amide bonds. The quantitative estimate of drug-likeness (QED) is 0.836. The summed E-state index contributed by atoms with van der Waals surface area (Å²) in [5.74, 6) is 4.79. The molecule has 2 saturated carbocycles. The van der Waals surface area contributed by atoms with E-state index in [1.165, 1.54) is 25.7 Å². The molecule has 1 aromatic heterocycles. The van der Waals surface area contributed by atoms with Gasteiger partial charge in [0.15, 0.2) is 0 Å². The summed E-state index contributed by atoms with van der Waals surface area (Å²) < 4.78 is 0. The highest BCUT2D eigenvalue weighted by molar-refractivity contribution is 5.36. The van der Waals surface area contributed by atoms with E-state index < -0.39 is 0 Å². The Hall–Kier alpha value is -1.12. The van der Waals surface area contributed by atoms with Crippen molar-refractivity contribution >= 4 is 5.82 Å². The molecule has 0 atom stereocenters. The van der Waals surface area contributed by atoms with Crippen molar-refractivity contribution in [3.05, 3.63) is 17.6 Å². The first-order valence-corrected chi connectivity index (χ1v) is 7.34. The molecular weight excluding hydrogens is 222 g/mol.